The second kappa shape index (κ2) is 7.39. The molecule has 3 rings (SSSR count). The van der Waals surface area contributed by atoms with E-state index in [0.717, 1.165) is 6.07 Å². The fourth-order valence-electron chi connectivity index (χ4n) is 2.24. The summed E-state index contributed by atoms with van der Waals surface area (Å²) in [4.78, 5) is 23.1. The number of rotatable bonds is 5. The number of hydrogen-bond donors (Lipinski definition) is 2. The van der Waals surface area contributed by atoms with Crippen LogP contribution in [0.3, 0.4) is 0 Å². The SMILES string of the molecule is NS(=O)(=O)c1ccc(NC(=O)COc2ccc3ccc(=O)oc3c2)c(Cl)c1. The maximum absolute atomic E-state index is 12.0. The molecule has 0 spiro atoms. The number of sulfonamides is 1. The van der Waals surface area contributed by atoms with E-state index in [1.807, 2.05) is 0 Å². The largest absolute Gasteiger partial charge is 0.484 e. The minimum Gasteiger partial charge on any atom is -0.484 e. The number of nitrogens with one attached hydrogen (secondary N) is 1. The van der Waals surface area contributed by atoms with Crippen molar-refractivity contribution in [3.8, 4) is 5.75 Å². The Bertz CT molecular complexity index is 1190. The van der Waals surface area contributed by atoms with Crippen molar-refractivity contribution in [1.29, 1.82) is 0 Å². The van der Waals surface area contributed by atoms with Crippen molar-refractivity contribution in [3.05, 3.63) is 64.0 Å². The van der Waals surface area contributed by atoms with Gasteiger partial charge in [-0.1, -0.05) is 11.6 Å². The summed E-state index contributed by atoms with van der Waals surface area (Å²) < 4.78 is 33.0. The van der Waals surface area contributed by atoms with Crippen molar-refractivity contribution < 1.29 is 22.4 Å². The molecule has 0 saturated carbocycles. The first-order valence-electron chi connectivity index (χ1n) is 7.51. The molecule has 2 aromatic carbocycles. The van der Waals surface area contributed by atoms with Crippen LogP contribution < -0.4 is 20.8 Å². The first-order valence-corrected chi connectivity index (χ1v) is 9.44. The van der Waals surface area contributed by atoms with Crippen LogP contribution in [0.25, 0.3) is 11.0 Å². The van der Waals surface area contributed by atoms with E-state index in [9.17, 15) is 18.0 Å². The van der Waals surface area contributed by atoms with Crippen LogP contribution in [-0.4, -0.2) is 20.9 Å². The molecule has 3 aromatic rings. The maximum atomic E-state index is 12.0. The van der Waals surface area contributed by atoms with E-state index in [2.05, 4.69) is 5.32 Å². The maximum Gasteiger partial charge on any atom is 0.336 e. The van der Waals surface area contributed by atoms with Gasteiger partial charge in [0.1, 0.15) is 11.3 Å². The first-order chi connectivity index (χ1) is 12.7. The van der Waals surface area contributed by atoms with E-state index in [0.29, 0.717) is 16.7 Å². The number of ether oxygens (including phenoxy) is 1. The predicted octanol–water partition coefficient (Wildman–Crippen LogP) is 2.11. The van der Waals surface area contributed by atoms with Crippen LogP contribution >= 0.6 is 11.6 Å². The van der Waals surface area contributed by atoms with Crippen molar-refractivity contribution in [1.82, 2.24) is 0 Å². The van der Waals surface area contributed by atoms with Crippen LogP contribution in [0.15, 0.2) is 62.6 Å². The normalized spacial score (nSPS) is 11.3. The van der Waals surface area contributed by atoms with Crippen LogP contribution in [0.1, 0.15) is 0 Å². The van der Waals surface area contributed by atoms with Crippen molar-refractivity contribution in [2.24, 2.45) is 5.14 Å². The molecular formula is C17H13ClN2O6S. The van der Waals surface area contributed by atoms with Crippen LogP contribution in [-0.2, 0) is 14.8 Å². The zero-order valence-electron chi connectivity index (χ0n) is 13.6. The second-order valence-electron chi connectivity index (χ2n) is 5.48. The standard InChI is InChI=1S/C17H13ClN2O6S/c18-13-8-12(27(19,23)24)4-5-14(13)20-16(21)9-25-11-3-1-10-2-6-17(22)26-15(10)7-11/h1-8H,9H2,(H,20,21)(H2,19,23,24). The number of fused-ring (bicyclic) bond motifs is 1. The molecule has 3 N–H and O–H groups in total. The summed E-state index contributed by atoms with van der Waals surface area (Å²) >= 11 is 5.96. The van der Waals surface area contributed by atoms with Gasteiger partial charge in [0.25, 0.3) is 5.91 Å². The van der Waals surface area contributed by atoms with Gasteiger partial charge in [-0.2, -0.15) is 0 Å². The summed E-state index contributed by atoms with van der Waals surface area (Å²) in [5.74, 6) is -0.183. The fraction of sp³-hybridized carbons (Fsp3) is 0.0588. The number of primary sulfonamides is 1. The molecule has 0 bridgehead atoms. The summed E-state index contributed by atoms with van der Waals surface area (Å²) in [6.07, 6.45) is 0. The van der Waals surface area contributed by atoms with Crippen molar-refractivity contribution in [2.45, 2.75) is 4.90 Å². The number of halogens is 1. The van der Waals surface area contributed by atoms with Gasteiger partial charge in [0.15, 0.2) is 6.61 Å². The van der Waals surface area contributed by atoms with Gasteiger partial charge >= 0.3 is 5.63 Å². The Labute approximate surface area is 158 Å². The highest BCUT2D eigenvalue weighted by atomic mass is 35.5. The molecular weight excluding hydrogens is 396 g/mol. The Morgan fingerprint density at radius 1 is 1.15 bits per heavy atom. The van der Waals surface area contributed by atoms with Gasteiger partial charge in [0.05, 0.1) is 15.6 Å². The Hall–Kier alpha value is -2.88. The minimum absolute atomic E-state index is 0.0161. The number of carbonyl (C=O) groups excluding carboxylic acids is 1. The number of amides is 1. The number of hydrogen-bond acceptors (Lipinski definition) is 6. The molecule has 1 amide bonds. The number of nitrogens with two attached hydrogens (primary N) is 1. The van der Waals surface area contributed by atoms with E-state index in [1.54, 1.807) is 18.2 Å². The Morgan fingerprint density at radius 3 is 2.59 bits per heavy atom. The van der Waals surface area contributed by atoms with Gasteiger partial charge in [-0.15, -0.1) is 0 Å². The highest BCUT2D eigenvalue weighted by Gasteiger charge is 2.12. The van der Waals surface area contributed by atoms with Crippen molar-refractivity contribution in [3.63, 3.8) is 0 Å². The van der Waals surface area contributed by atoms with Crippen LogP contribution in [0.2, 0.25) is 5.02 Å². The zero-order valence-corrected chi connectivity index (χ0v) is 15.2. The van der Waals surface area contributed by atoms with Gasteiger partial charge < -0.3 is 14.5 Å². The molecule has 0 fully saturated rings. The molecule has 10 heteroatoms. The molecule has 27 heavy (non-hydrogen) atoms. The molecule has 0 saturated heterocycles. The van der Waals surface area contributed by atoms with Crippen molar-refractivity contribution >= 4 is 44.2 Å². The quantitative estimate of drug-likeness (QED) is 0.622. The van der Waals surface area contributed by atoms with E-state index >= 15 is 0 Å². The summed E-state index contributed by atoms with van der Waals surface area (Å²) in [5, 5.41) is 8.25. The minimum atomic E-state index is -3.89. The van der Waals surface area contributed by atoms with Crippen LogP contribution in [0.5, 0.6) is 5.75 Å². The van der Waals surface area contributed by atoms with Gasteiger partial charge in [-0.05, 0) is 36.4 Å². The summed E-state index contributed by atoms with van der Waals surface area (Å²) in [7, 11) is -3.89. The molecule has 0 aliphatic heterocycles. The lowest BCUT2D eigenvalue weighted by atomic mass is 10.2. The lowest BCUT2D eigenvalue weighted by Crippen LogP contribution is -2.20. The number of anilines is 1. The fourth-order valence-corrected chi connectivity index (χ4v) is 3.07. The molecule has 0 unspecified atom stereocenters. The summed E-state index contributed by atoms with van der Waals surface area (Å²) in [6, 6.07) is 11.4. The third-order valence-electron chi connectivity index (χ3n) is 3.51. The molecule has 1 aromatic heterocycles. The van der Waals surface area contributed by atoms with Gasteiger partial charge in [0.2, 0.25) is 10.0 Å². The molecule has 1 heterocycles. The van der Waals surface area contributed by atoms with E-state index in [4.69, 9.17) is 25.9 Å². The van der Waals surface area contributed by atoms with Gasteiger partial charge in [0, 0.05) is 17.5 Å². The van der Waals surface area contributed by atoms with Crippen molar-refractivity contribution in [2.75, 3.05) is 11.9 Å². The molecule has 0 radical (unpaired) electrons. The smallest absolute Gasteiger partial charge is 0.336 e. The summed E-state index contributed by atoms with van der Waals surface area (Å²) in [5.41, 5.74) is 0.0548. The topological polar surface area (TPSA) is 129 Å². The average Bonchev–Trinajstić information content (AvgIpc) is 2.60. The van der Waals surface area contributed by atoms with E-state index < -0.39 is 21.6 Å². The van der Waals surface area contributed by atoms with Crippen LogP contribution in [0.4, 0.5) is 5.69 Å². The third-order valence-corrected chi connectivity index (χ3v) is 4.73. The monoisotopic (exact) mass is 408 g/mol. The average molecular weight is 409 g/mol. The van der Waals surface area contributed by atoms with Crippen LogP contribution in [0, 0.1) is 0 Å². The molecule has 0 aliphatic carbocycles. The third kappa shape index (κ3) is 4.64. The zero-order chi connectivity index (χ0) is 19.6. The van der Waals surface area contributed by atoms with Gasteiger partial charge in [-0.25, -0.2) is 18.4 Å². The molecule has 140 valence electrons. The Balaban J connectivity index is 1.67. The Morgan fingerprint density at radius 2 is 1.89 bits per heavy atom. The highest BCUT2D eigenvalue weighted by molar-refractivity contribution is 7.89. The summed E-state index contributed by atoms with van der Waals surface area (Å²) in [6.45, 7) is -0.337. The highest BCUT2D eigenvalue weighted by Crippen LogP contribution is 2.25. The second-order valence-corrected chi connectivity index (χ2v) is 7.45. The lowest BCUT2D eigenvalue weighted by Gasteiger charge is -2.10. The Kier molecular flexibility index (Phi) is 5.17. The predicted molar refractivity (Wildman–Crippen MR) is 99.4 cm³/mol. The van der Waals surface area contributed by atoms with Gasteiger partial charge in [-0.3, -0.25) is 4.79 Å². The molecule has 8 nitrogen and oxygen atoms in total. The van der Waals surface area contributed by atoms with E-state index in [-0.39, 0.29) is 22.2 Å². The first kappa shape index (κ1) is 18.9. The van der Waals surface area contributed by atoms with E-state index in [1.165, 1.54) is 24.3 Å². The number of benzene rings is 2. The molecule has 0 aliphatic rings. The number of carbonyl (C=O) groups is 1. The molecule has 0 atom stereocenters. The lowest BCUT2D eigenvalue weighted by molar-refractivity contribution is -0.118.